The molecule has 2 heterocycles. The number of amides is 1. The summed E-state index contributed by atoms with van der Waals surface area (Å²) < 4.78 is 18.7. The number of carbonyl (C=O) groups excluding carboxylic acids is 1. The summed E-state index contributed by atoms with van der Waals surface area (Å²) in [4.78, 5) is 21.0. The maximum Gasteiger partial charge on any atom is 0.230 e. The molecule has 28 heavy (non-hydrogen) atoms. The zero-order valence-corrected chi connectivity index (χ0v) is 15.8. The Morgan fingerprint density at radius 3 is 2.50 bits per heavy atom. The second-order valence-electron chi connectivity index (χ2n) is 6.17. The lowest BCUT2D eigenvalue weighted by molar-refractivity contribution is -0.115. The fourth-order valence-corrected chi connectivity index (χ4v) is 3.37. The number of nitrogens with one attached hydrogen (secondary N) is 1. The summed E-state index contributed by atoms with van der Waals surface area (Å²) in [5.41, 5.74) is 2.92. The number of oxazole rings is 1. The molecule has 5 nitrogen and oxygen atoms in total. The van der Waals surface area contributed by atoms with Crippen molar-refractivity contribution in [3.63, 3.8) is 0 Å². The standard InChI is InChI=1S/C21H16FN3O2S/c1-13-18(25-20(27-13)14-2-6-16(22)7-3-14)12-19(26)24-17-8-4-15(5-9-17)21-23-10-11-28-21/h2-11H,12H2,1H3,(H,24,26). The summed E-state index contributed by atoms with van der Waals surface area (Å²) in [5.74, 6) is 0.415. The van der Waals surface area contributed by atoms with Crippen molar-refractivity contribution in [1.29, 1.82) is 0 Å². The van der Waals surface area contributed by atoms with Gasteiger partial charge in [0.25, 0.3) is 0 Å². The van der Waals surface area contributed by atoms with E-state index < -0.39 is 0 Å². The van der Waals surface area contributed by atoms with E-state index in [2.05, 4.69) is 15.3 Å². The first-order valence-corrected chi connectivity index (χ1v) is 9.48. The number of aromatic nitrogens is 2. The van der Waals surface area contributed by atoms with Crippen molar-refractivity contribution < 1.29 is 13.6 Å². The van der Waals surface area contributed by atoms with E-state index in [9.17, 15) is 9.18 Å². The Morgan fingerprint density at radius 2 is 1.82 bits per heavy atom. The summed E-state index contributed by atoms with van der Waals surface area (Å²) in [7, 11) is 0. The number of nitrogens with zero attached hydrogens (tertiary/aromatic N) is 2. The van der Waals surface area contributed by atoms with Gasteiger partial charge >= 0.3 is 0 Å². The van der Waals surface area contributed by atoms with Crippen LogP contribution in [0.4, 0.5) is 10.1 Å². The monoisotopic (exact) mass is 393 g/mol. The lowest BCUT2D eigenvalue weighted by Crippen LogP contribution is -2.15. The molecule has 2 aromatic heterocycles. The van der Waals surface area contributed by atoms with Crippen molar-refractivity contribution in [2.45, 2.75) is 13.3 Å². The van der Waals surface area contributed by atoms with Crippen molar-refractivity contribution >= 4 is 22.9 Å². The second kappa shape index (κ2) is 7.74. The van der Waals surface area contributed by atoms with Gasteiger partial charge in [0.05, 0.1) is 12.1 Å². The third-order valence-corrected chi connectivity index (χ3v) is 4.98. The third kappa shape index (κ3) is 3.99. The molecule has 1 N–H and O–H groups in total. The van der Waals surface area contributed by atoms with Gasteiger partial charge in [-0.25, -0.2) is 14.4 Å². The molecule has 4 aromatic rings. The Hall–Kier alpha value is -3.32. The number of aryl methyl sites for hydroxylation is 1. The molecule has 140 valence electrons. The zero-order valence-electron chi connectivity index (χ0n) is 15.0. The zero-order chi connectivity index (χ0) is 19.5. The van der Waals surface area contributed by atoms with Crippen LogP contribution in [0.2, 0.25) is 0 Å². The van der Waals surface area contributed by atoms with Crippen LogP contribution in [0.3, 0.4) is 0 Å². The van der Waals surface area contributed by atoms with Gasteiger partial charge < -0.3 is 9.73 Å². The van der Waals surface area contributed by atoms with Gasteiger partial charge in [-0.05, 0) is 55.5 Å². The molecular formula is C21H16FN3O2S. The molecule has 0 fully saturated rings. The van der Waals surface area contributed by atoms with Gasteiger partial charge in [-0.2, -0.15) is 0 Å². The van der Waals surface area contributed by atoms with Crippen molar-refractivity contribution in [1.82, 2.24) is 9.97 Å². The maximum atomic E-state index is 13.1. The number of benzene rings is 2. The molecule has 0 bridgehead atoms. The molecule has 1 amide bonds. The molecule has 0 unspecified atom stereocenters. The molecule has 0 saturated carbocycles. The van der Waals surface area contributed by atoms with E-state index in [1.165, 1.54) is 12.1 Å². The van der Waals surface area contributed by atoms with E-state index in [1.54, 1.807) is 36.6 Å². The van der Waals surface area contributed by atoms with Crippen LogP contribution in [0.15, 0.2) is 64.5 Å². The van der Waals surface area contributed by atoms with Crippen LogP contribution in [-0.2, 0) is 11.2 Å². The van der Waals surface area contributed by atoms with Crippen molar-refractivity contribution in [2.24, 2.45) is 0 Å². The molecule has 0 saturated heterocycles. The fourth-order valence-electron chi connectivity index (χ4n) is 2.73. The first-order valence-electron chi connectivity index (χ1n) is 8.60. The van der Waals surface area contributed by atoms with Gasteiger partial charge in [0.2, 0.25) is 11.8 Å². The third-order valence-electron chi connectivity index (χ3n) is 4.16. The molecule has 2 aromatic carbocycles. The second-order valence-corrected chi connectivity index (χ2v) is 7.06. The highest BCUT2D eigenvalue weighted by Gasteiger charge is 2.15. The van der Waals surface area contributed by atoms with Crippen LogP contribution in [-0.4, -0.2) is 15.9 Å². The highest BCUT2D eigenvalue weighted by molar-refractivity contribution is 7.13. The van der Waals surface area contributed by atoms with Crippen LogP contribution in [0.1, 0.15) is 11.5 Å². The average molecular weight is 393 g/mol. The van der Waals surface area contributed by atoms with Crippen LogP contribution in [0.5, 0.6) is 0 Å². The summed E-state index contributed by atoms with van der Waals surface area (Å²) in [6.07, 6.45) is 1.85. The van der Waals surface area contributed by atoms with Crippen LogP contribution in [0.25, 0.3) is 22.0 Å². The Labute approximate surface area is 164 Å². The maximum absolute atomic E-state index is 13.1. The van der Waals surface area contributed by atoms with Gasteiger partial charge in [-0.3, -0.25) is 4.79 Å². The number of anilines is 1. The quantitative estimate of drug-likeness (QED) is 0.513. The van der Waals surface area contributed by atoms with Gasteiger partial charge in [0, 0.05) is 28.4 Å². The highest BCUT2D eigenvalue weighted by Crippen LogP contribution is 2.24. The van der Waals surface area contributed by atoms with E-state index in [4.69, 9.17) is 4.42 Å². The minimum absolute atomic E-state index is 0.0881. The largest absolute Gasteiger partial charge is 0.441 e. The minimum atomic E-state index is -0.326. The summed E-state index contributed by atoms with van der Waals surface area (Å²) >= 11 is 1.56. The van der Waals surface area contributed by atoms with Crippen LogP contribution < -0.4 is 5.32 Å². The van der Waals surface area contributed by atoms with Crippen LogP contribution >= 0.6 is 11.3 Å². The van der Waals surface area contributed by atoms with Gasteiger partial charge in [-0.15, -0.1) is 11.3 Å². The smallest absolute Gasteiger partial charge is 0.230 e. The molecule has 7 heteroatoms. The first-order chi connectivity index (χ1) is 13.6. The fraction of sp³-hybridized carbons (Fsp3) is 0.0952. The SMILES string of the molecule is Cc1oc(-c2ccc(F)cc2)nc1CC(=O)Nc1ccc(-c2nccs2)cc1. The number of hydrogen-bond donors (Lipinski definition) is 1. The van der Waals surface area contributed by atoms with E-state index in [0.29, 0.717) is 28.6 Å². The molecular weight excluding hydrogens is 377 g/mol. The predicted octanol–water partition coefficient (Wildman–Crippen LogP) is 5.09. The van der Waals surface area contributed by atoms with E-state index in [-0.39, 0.29) is 18.1 Å². The minimum Gasteiger partial charge on any atom is -0.441 e. The Bertz CT molecular complexity index is 1090. The molecule has 0 spiro atoms. The lowest BCUT2D eigenvalue weighted by atomic mass is 10.2. The Balaban J connectivity index is 1.43. The molecule has 0 aliphatic rings. The van der Waals surface area contributed by atoms with Crippen molar-refractivity contribution in [3.8, 4) is 22.0 Å². The number of carbonyl (C=O) groups is 1. The van der Waals surface area contributed by atoms with Gasteiger partial charge in [0.15, 0.2) is 0 Å². The summed E-state index contributed by atoms with van der Waals surface area (Å²) in [6.45, 7) is 1.76. The number of halogens is 1. The summed E-state index contributed by atoms with van der Waals surface area (Å²) in [6, 6.07) is 13.4. The number of hydrogen-bond acceptors (Lipinski definition) is 5. The molecule has 0 atom stereocenters. The molecule has 0 aliphatic carbocycles. The normalized spacial score (nSPS) is 10.8. The van der Waals surface area contributed by atoms with Crippen molar-refractivity contribution in [2.75, 3.05) is 5.32 Å². The molecule has 0 aliphatic heterocycles. The predicted molar refractivity (Wildman–Crippen MR) is 107 cm³/mol. The Morgan fingerprint density at radius 1 is 1.11 bits per heavy atom. The first kappa shape index (κ1) is 18.1. The molecule has 0 radical (unpaired) electrons. The molecule has 4 rings (SSSR count). The van der Waals surface area contributed by atoms with Crippen molar-refractivity contribution in [3.05, 3.63) is 77.4 Å². The Kier molecular flexibility index (Phi) is 4.99. The lowest BCUT2D eigenvalue weighted by Gasteiger charge is -2.05. The van der Waals surface area contributed by atoms with E-state index in [0.717, 1.165) is 10.6 Å². The summed E-state index contributed by atoms with van der Waals surface area (Å²) in [5, 5.41) is 5.72. The highest BCUT2D eigenvalue weighted by atomic mass is 32.1. The number of thiazole rings is 1. The van der Waals surface area contributed by atoms with Crippen LogP contribution in [0, 0.1) is 12.7 Å². The topological polar surface area (TPSA) is 68.0 Å². The van der Waals surface area contributed by atoms with E-state index >= 15 is 0 Å². The van der Waals surface area contributed by atoms with E-state index in [1.807, 2.05) is 29.6 Å². The average Bonchev–Trinajstić information content (AvgIpc) is 3.34. The number of rotatable bonds is 5. The van der Waals surface area contributed by atoms with Gasteiger partial charge in [0.1, 0.15) is 16.6 Å². The van der Waals surface area contributed by atoms with Gasteiger partial charge in [-0.1, -0.05) is 0 Å².